The molecule has 0 atom stereocenters. The molecule has 0 aliphatic heterocycles. The zero-order chi connectivity index (χ0) is 15.2. The Morgan fingerprint density at radius 1 is 0.905 bits per heavy atom. The lowest BCUT2D eigenvalue weighted by molar-refractivity contribution is -0.598. The molecule has 5 heteroatoms. The molecule has 0 bridgehead atoms. The molecule has 0 fully saturated rings. The van der Waals surface area contributed by atoms with Crippen LogP contribution in [0.4, 0.5) is 0 Å². The quantitative estimate of drug-likeness (QED) is 0.506. The third kappa shape index (κ3) is 3.95. The van der Waals surface area contributed by atoms with Crippen LogP contribution in [-0.2, 0) is 5.88 Å². The maximum absolute atomic E-state index is 5.82. The minimum absolute atomic E-state index is 0.412. The second-order valence-corrected chi connectivity index (χ2v) is 7.33. The maximum Gasteiger partial charge on any atom is 0.366 e. The summed E-state index contributed by atoms with van der Waals surface area (Å²) in [6, 6.07) is 12.1. The van der Waals surface area contributed by atoms with Crippen molar-refractivity contribution in [2.24, 2.45) is 0 Å². The van der Waals surface area contributed by atoms with Gasteiger partial charge in [0.15, 0.2) is 15.1 Å². The fourth-order valence-electron chi connectivity index (χ4n) is 1.80. The molecule has 112 valence electrons. The Hall–Kier alpha value is -1.14. The molecule has 2 aromatic rings. The molecule has 0 unspecified atom stereocenters. The number of rotatable bonds is 6. The molecule has 0 N–H and O–H groups in total. The average molecular weight is 420 g/mol. The molecule has 0 heterocycles. The molecule has 0 radical (unpaired) electrons. The fourth-order valence-corrected chi connectivity index (χ4v) is 4.61. The summed E-state index contributed by atoms with van der Waals surface area (Å²) in [6.07, 6.45) is 0. The van der Waals surface area contributed by atoms with Crippen molar-refractivity contribution in [1.82, 2.24) is 0 Å². The Kier molecular flexibility index (Phi) is 5.99. The van der Waals surface area contributed by atoms with Gasteiger partial charge < -0.3 is 14.2 Å². The van der Waals surface area contributed by atoms with Gasteiger partial charge in [0, 0.05) is 18.0 Å². The Bertz CT molecular complexity index is 574. The SMILES string of the molecule is COc1cc(OC)c([I+]c2ccc(CCl)cc2)c(OC)c1. The van der Waals surface area contributed by atoms with Crippen molar-refractivity contribution in [3.63, 3.8) is 0 Å². The summed E-state index contributed by atoms with van der Waals surface area (Å²) in [4.78, 5) is 0. The Balaban J connectivity index is 2.36. The van der Waals surface area contributed by atoms with Crippen LogP contribution in [0.25, 0.3) is 0 Å². The smallest absolute Gasteiger partial charge is 0.366 e. The van der Waals surface area contributed by atoms with E-state index in [4.69, 9.17) is 25.8 Å². The van der Waals surface area contributed by atoms with Crippen LogP contribution in [0.3, 0.4) is 0 Å². The number of hydrogen-bond donors (Lipinski definition) is 0. The first-order valence-corrected chi connectivity index (χ1v) is 9.00. The Morgan fingerprint density at radius 2 is 1.48 bits per heavy atom. The Labute approximate surface area is 140 Å². The van der Waals surface area contributed by atoms with Gasteiger partial charge in [0.1, 0.15) is 5.75 Å². The Morgan fingerprint density at radius 3 is 1.90 bits per heavy atom. The average Bonchev–Trinajstić information content (AvgIpc) is 2.55. The molecule has 0 saturated carbocycles. The van der Waals surface area contributed by atoms with Crippen molar-refractivity contribution < 1.29 is 35.4 Å². The van der Waals surface area contributed by atoms with Crippen LogP contribution >= 0.6 is 11.6 Å². The van der Waals surface area contributed by atoms with E-state index in [2.05, 4.69) is 24.3 Å². The van der Waals surface area contributed by atoms with E-state index in [1.54, 1.807) is 21.3 Å². The zero-order valence-corrected chi connectivity index (χ0v) is 15.1. The molecule has 0 spiro atoms. The molecule has 0 amide bonds. The lowest BCUT2D eigenvalue weighted by Crippen LogP contribution is -3.61. The van der Waals surface area contributed by atoms with Crippen LogP contribution in [0.5, 0.6) is 17.2 Å². The van der Waals surface area contributed by atoms with E-state index in [1.807, 2.05) is 12.1 Å². The molecule has 2 aromatic carbocycles. The van der Waals surface area contributed by atoms with E-state index in [0.717, 1.165) is 26.4 Å². The molecular formula is C16H17ClIO3+. The van der Waals surface area contributed by atoms with Crippen molar-refractivity contribution >= 4 is 11.6 Å². The number of hydrogen-bond acceptors (Lipinski definition) is 3. The van der Waals surface area contributed by atoms with E-state index in [1.165, 1.54) is 3.57 Å². The van der Waals surface area contributed by atoms with Crippen LogP contribution < -0.4 is 35.4 Å². The second-order valence-electron chi connectivity index (χ2n) is 4.20. The van der Waals surface area contributed by atoms with Gasteiger partial charge in [-0.3, -0.25) is 0 Å². The second kappa shape index (κ2) is 7.75. The highest BCUT2D eigenvalue weighted by atomic mass is 127. The lowest BCUT2D eigenvalue weighted by Gasteiger charge is -2.08. The van der Waals surface area contributed by atoms with E-state index in [9.17, 15) is 0 Å². The van der Waals surface area contributed by atoms with Crippen molar-refractivity contribution in [2.75, 3.05) is 21.3 Å². The standard InChI is InChI=1S/C16H17ClIO3/c1-19-13-8-14(20-2)16(15(9-13)21-3)18-12-6-4-11(10-17)5-7-12/h4-9H,10H2,1-3H3/q+1. The first-order valence-electron chi connectivity index (χ1n) is 6.31. The van der Waals surface area contributed by atoms with E-state index in [-0.39, 0.29) is 0 Å². The van der Waals surface area contributed by atoms with Crippen LogP contribution in [0.1, 0.15) is 5.56 Å². The molecule has 0 aliphatic carbocycles. The van der Waals surface area contributed by atoms with E-state index >= 15 is 0 Å². The van der Waals surface area contributed by atoms with Crippen LogP contribution in [0.2, 0.25) is 0 Å². The van der Waals surface area contributed by atoms with Gasteiger partial charge in [0.25, 0.3) is 3.57 Å². The number of benzene rings is 2. The summed E-state index contributed by atoms with van der Waals surface area (Å²) in [6.45, 7) is 0. The molecule has 21 heavy (non-hydrogen) atoms. The predicted octanol–water partition coefficient (Wildman–Crippen LogP) is 0.580. The van der Waals surface area contributed by atoms with Crippen molar-refractivity contribution in [3.8, 4) is 17.2 Å². The predicted molar refractivity (Wildman–Crippen MR) is 79.5 cm³/mol. The number of alkyl halides is 1. The topological polar surface area (TPSA) is 27.7 Å². The van der Waals surface area contributed by atoms with Gasteiger partial charge in [-0.2, -0.15) is 0 Å². The molecule has 2 rings (SSSR count). The highest BCUT2D eigenvalue weighted by molar-refractivity contribution is 6.17. The van der Waals surface area contributed by atoms with Crippen LogP contribution in [0.15, 0.2) is 36.4 Å². The molecule has 0 aromatic heterocycles. The first kappa shape index (κ1) is 16.2. The molecule has 0 aliphatic rings. The first-order chi connectivity index (χ1) is 10.2. The minimum Gasteiger partial charge on any atom is -0.496 e. The summed E-state index contributed by atoms with van der Waals surface area (Å²) < 4.78 is 18.7. The van der Waals surface area contributed by atoms with Gasteiger partial charge in [-0.25, -0.2) is 0 Å². The highest BCUT2D eigenvalue weighted by Crippen LogP contribution is 2.27. The normalized spacial score (nSPS) is 10.3. The van der Waals surface area contributed by atoms with Crippen LogP contribution in [0, 0.1) is 7.14 Å². The monoisotopic (exact) mass is 419 g/mol. The van der Waals surface area contributed by atoms with Gasteiger partial charge in [0.2, 0.25) is 0 Å². The molecule has 3 nitrogen and oxygen atoms in total. The summed E-state index contributed by atoms with van der Waals surface area (Å²) in [7, 11) is 4.96. The van der Waals surface area contributed by atoms with Gasteiger partial charge in [-0.15, -0.1) is 11.6 Å². The van der Waals surface area contributed by atoms with Gasteiger partial charge in [-0.05, 0) is 17.7 Å². The lowest BCUT2D eigenvalue weighted by atomic mass is 10.2. The number of ether oxygens (including phenoxy) is 3. The number of methoxy groups -OCH3 is 3. The molecule has 0 saturated heterocycles. The van der Waals surface area contributed by atoms with Crippen LogP contribution in [-0.4, -0.2) is 21.3 Å². The van der Waals surface area contributed by atoms with Crippen molar-refractivity contribution in [2.45, 2.75) is 5.88 Å². The van der Waals surface area contributed by atoms with Gasteiger partial charge >= 0.3 is 21.2 Å². The third-order valence-electron chi connectivity index (χ3n) is 2.93. The van der Waals surface area contributed by atoms with E-state index in [0.29, 0.717) is 5.88 Å². The summed E-state index contributed by atoms with van der Waals surface area (Å²) in [5, 5.41) is 0. The summed E-state index contributed by atoms with van der Waals surface area (Å²) >= 11 is 5.41. The summed E-state index contributed by atoms with van der Waals surface area (Å²) in [5.41, 5.74) is 1.12. The van der Waals surface area contributed by atoms with Gasteiger partial charge in [-0.1, -0.05) is 12.1 Å². The largest absolute Gasteiger partial charge is 0.496 e. The van der Waals surface area contributed by atoms with Crippen molar-refractivity contribution in [3.05, 3.63) is 49.1 Å². The van der Waals surface area contributed by atoms with Gasteiger partial charge in [0.05, 0.1) is 21.3 Å². The fraction of sp³-hybridized carbons (Fsp3) is 0.250. The number of halogens is 2. The maximum atomic E-state index is 5.82. The van der Waals surface area contributed by atoms with Crippen molar-refractivity contribution in [1.29, 1.82) is 0 Å². The summed E-state index contributed by atoms with van der Waals surface area (Å²) in [5.74, 6) is 2.88. The molecular weight excluding hydrogens is 403 g/mol. The zero-order valence-electron chi connectivity index (χ0n) is 12.2. The minimum atomic E-state index is -0.412. The highest BCUT2D eigenvalue weighted by Gasteiger charge is 2.27. The van der Waals surface area contributed by atoms with E-state index < -0.39 is 21.2 Å². The third-order valence-corrected chi connectivity index (χ3v) is 6.18.